The summed E-state index contributed by atoms with van der Waals surface area (Å²) in [6.07, 6.45) is 4.93. The second-order valence-electron chi connectivity index (χ2n) is 6.39. The zero-order valence-electron chi connectivity index (χ0n) is 13.7. The van der Waals surface area contributed by atoms with E-state index >= 15 is 0 Å². The number of hydrogen-bond acceptors (Lipinski definition) is 5. The van der Waals surface area contributed by atoms with Crippen molar-refractivity contribution in [3.8, 4) is 11.6 Å². The minimum Gasteiger partial charge on any atom is -0.438 e. The summed E-state index contributed by atoms with van der Waals surface area (Å²) in [6, 6.07) is 7.18. The smallest absolute Gasteiger partial charge is 0.231 e. The van der Waals surface area contributed by atoms with Gasteiger partial charge < -0.3 is 4.74 Å². The topological polar surface area (TPSA) is 52.1 Å². The highest BCUT2D eigenvalue weighted by Gasteiger charge is 2.23. The summed E-state index contributed by atoms with van der Waals surface area (Å²) < 4.78 is 6.02. The lowest BCUT2D eigenvalue weighted by Gasteiger charge is -2.18. The Morgan fingerprint density at radius 1 is 1.25 bits per heavy atom. The molecule has 3 aromatic rings. The van der Waals surface area contributed by atoms with E-state index < -0.39 is 0 Å². The molecule has 24 heavy (non-hydrogen) atoms. The summed E-state index contributed by atoms with van der Waals surface area (Å²) in [5, 5.41) is 1.06. The molecule has 0 amide bonds. The van der Waals surface area contributed by atoms with Crippen molar-refractivity contribution in [3.63, 3.8) is 0 Å². The van der Waals surface area contributed by atoms with Gasteiger partial charge in [-0.1, -0.05) is 6.92 Å². The molecule has 2 aromatic heterocycles. The maximum atomic E-state index is 11.4. The highest BCUT2D eigenvalue weighted by atomic mass is 32.1. The van der Waals surface area contributed by atoms with E-state index in [0.29, 0.717) is 17.2 Å². The van der Waals surface area contributed by atoms with Gasteiger partial charge >= 0.3 is 0 Å². The van der Waals surface area contributed by atoms with E-state index in [1.54, 1.807) is 36.7 Å². The van der Waals surface area contributed by atoms with Crippen molar-refractivity contribution in [2.75, 3.05) is 0 Å². The van der Waals surface area contributed by atoms with Crippen molar-refractivity contribution in [2.45, 2.75) is 33.1 Å². The molecule has 0 saturated carbocycles. The molecule has 4 nitrogen and oxygen atoms in total. The van der Waals surface area contributed by atoms with Crippen molar-refractivity contribution < 1.29 is 9.53 Å². The first-order valence-electron chi connectivity index (χ1n) is 8.16. The minimum absolute atomic E-state index is 0.0481. The Bertz CT molecular complexity index is 915. The molecule has 0 aliphatic heterocycles. The summed E-state index contributed by atoms with van der Waals surface area (Å²) in [6.45, 7) is 3.86. The average molecular weight is 338 g/mol. The number of carbonyl (C=O) groups is 1. The van der Waals surface area contributed by atoms with Gasteiger partial charge in [0.05, 0.1) is 5.39 Å². The molecular weight excluding hydrogens is 320 g/mol. The quantitative estimate of drug-likeness (QED) is 0.643. The van der Waals surface area contributed by atoms with E-state index in [2.05, 4.69) is 16.9 Å². The number of benzene rings is 1. The number of carbonyl (C=O) groups excluding carboxylic acids is 1. The number of rotatable bonds is 3. The molecule has 0 spiro atoms. The number of aromatic nitrogens is 2. The van der Waals surface area contributed by atoms with Crippen LogP contribution in [0.1, 0.15) is 41.1 Å². The summed E-state index contributed by atoms with van der Waals surface area (Å²) in [4.78, 5) is 22.6. The van der Waals surface area contributed by atoms with E-state index in [4.69, 9.17) is 4.74 Å². The minimum atomic E-state index is 0.0481. The van der Waals surface area contributed by atoms with Gasteiger partial charge in [0.1, 0.15) is 16.9 Å². The van der Waals surface area contributed by atoms with Crippen LogP contribution in [0.4, 0.5) is 0 Å². The Morgan fingerprint density at radius 2 is 2.04 bits per heavy atom. The fraction of sp³-hybridized carbons (Fsp3) is 0.316. The molecule has 5 heteroatoms. The summed E-state index contributed by atoms with van der Waals surface area (Å²) in [5.41, 5.74) is 2.03. The van der Waals surface area contributed by atoms with E-state index in [1.165, 1.54) is 16.9 Å². The average Bonchev–Trinajstić information content (AvgIpc) is 2.93. The van der Waals surface area contributed by atoms with Crippen molar-refractivity contribution in [3.05, 3.63) is 46.6 Å². The Morgan fingerprint density at radius 3 is 2.79 bits per heavy atom. The van der Waals surface area contributed by atoms with Gasteiger partial charge in [0.25, 0.3) is 0 Å². The molecule has 2 heterocycles. The van der Waals surface area contributed by atoms with Crippen LogP contribution in [0.3, 0.4) is 0 Å². The van der Waals surface area contributed by atoms with Crippen LogP contribution >= 0.6 is 11.3 Å². The van der Waals surface area contributed by atoms with Gasteiger partial charge in [0.15, 0.2) is 5.78 Å². The molecule has 0 saturated heterocycles. The number of thiophene rings is 1. The van der Waals surface area contributed by atoms with Crippen LogP contribution in [0.15, 0.2) is 30.6 Å². The zero-order valence-corrected chi connectivity index (χ0v) is 14.5. The van der Waals surface area contributed by atoms with Crippen molar-refractivity contribution in [1.29, 1.82) is 0 Å². The standard InChI is InChI=1S/C19H18N2O2S/c1-11-3-8-15-16(9-11)24-19-17(15)18(20-10-21-19)23-14-6-4-13(5-7-14)12(2)22/h4-7,10-11H,3,8-9H2,1-2H3/t11-/m1/s1. The highest BCUT2D eigenvalue weighted by molar-refractivity contribution is 7.18. The van der Waals surface area contributed by atoms with Gasteiger partial charge in [-0.05, 0) is 61.9 Å². The van der Waals surface area contributed by atoms with Crippen molar-refractivity contribution >= 4 is 27.3 Å². The normalized spacial score (nSPS) is 16.8. The molecule has 4 rings (SSSR count). The molecule has 0 radical (unpaired) electrons. The number of ketones is 1. The Hall–Kier alpha value is -2.27. The number of hydrogen-bond donors (Lipinski definition) is 0. The third-order valence-corrected chi connectivity index (χ3v) is 5.69. The van der Waals surface area contributed by atoms with Crippen LogP contribution < -0.4 is 4.74 Å². The molecule has 1 aliphatic carbocycles. The molecule has 1 aliphatic rings. The van der Waals surface area contributed by atoms with Gasteiger partial charge in [0.2, 0.25) is 5.88 Å². The second-order valence-corrected chi connectivity index (χ2v) is 7.48. The van der Waals surface area contributed by atoms with E-state index in [1.807, 2.05) is 12.1 Å². The predicted molar refractivity (Wildman–Crippen MR) is 95.1 cm³/mol. The molecule has 1 aromatic carbocycles. The van der Waals surface area contributed by atoms with E-state index in [0.717, 1.165) is 29.0 Å². The number of Topliss-reactive ketones (excluding diaryl/α,β-unsaturated/α-hetero) is 1. The van der Waals surface area contributed by atoms with Crippen LogP contribution in [0, 0.1) is 5.92 Å². The summed E-state index contributed by atoms with van der Waals surface area (Å²) in [5.74, 6) is 2.07. The largest absolute Gasteiger partial charge is 0.438 e. The van der Waals surface area contributed by atoms with Gasteiger partial charge in [-0.3, -0.25) is 4.79 Å². The predicted octanol–water partition coefficient (Wildman–Crippen LogP) is 4.81. The summed E-state index contributed by atoms with van der Waals surface area (Å²) >= 11 is 1.76. The Kier molecular flexibility index (Phi) is 3.81. The first kappa shape index (κ1) is 15.3. The van der Waals surface area contributed by atoms with E-state index in [9.17, 15) is 4.79 Å². The third-order valence-electron chi connectivity index (χ3n) is 4.53. The maximum absolute atomic E-state index is 11.4. The molecule has 1 atom stereocenters. The zero-order chi connectivity index (χ0) is 16.7. The Labute approximate surface area is 144 Å². The monoisotopic (exact) mass is 338 g/mol. The maximum Gasteiger partial charge on any atom is 0.231 e. The number of fused-ring (bicyclic) bond motifs is 3. The number of aryl methyl sites for hydroxylation is 1. The van der Waals surface area contributed by atoms with Crippen molar-refractivity contribution in [2.24, 2.45) is 5.92 Å². The van der Waals surface area contributed by atoms with Crippen LogP contribution in [-0.2, 0) is 12.8 Å². The molecule has 0 fully saturated rings. The molecule has 0 unspecified atom stereocenters. The lowest BCUT2D eigenvalue weighted by molar-refractivity contribution is 0.101. The lowest BCUT2D eigenvalue weighted by atomic mass is 9.89. The second kappa shape index (κ2) is 5.98. The molecule has 0 N–H and O–H groups in total. The molecular formula is C19H18N2O2S. The van der Waals surface area contributed by atoms with Gasteiger partial charge in [0, 0.05) is 10.4 Å². The van der Waals surface area contributed by atoms with Gasteiger partial charge in [-0.25, -0.2) is 9.97 Å². The molecule has 122 valence electrons. The lowest BCUT2D eigenvalue weighted by Crippen LogP contribution is -2.08. The number of nitrogens with zero attached hydrogens (tertiary/aromatic N) is 2. The fourth-order valence-corrected chi connectivity index (χ4v) is 4.53. The first-order chi connectivity index (χ1) is 11.6. The van der Waals surface area contributed by atoms with Crippen LogP contribution in [0.2, 0.25) is 0 Å². The summed E-state index contributed by atoms with van der Waals surface area (Å²) in [7, 11) is 0. The fourth-order valence-electron chi connectivity index (χ4n) is 3.19. The third kappa shape index (κ3) is 2.69. The number of ether oxygens (including phenoxy) is 1. The van der Waals surface area contributed by atoms with Crippen LogP contribution in [0.5, 0.6) is 11.6 Å². The van der Waals surface area contributed by atoms with E-state index in [-0.39, 0.29) is 5.78 Å². The van der Waals surface area contributed by atoms with Gasteiger partial charge in [-0.15, -0.1) is 11.3 Å². The first-order valence-corrected chi connectivity index (χ1v) is 8.97. The highest BCUT2D eigenvalue weighted by Crippen LogP contribution is 2.41. The molecule has 0 bridgehead atoms. The van der Waals surface area contributed by atoms with Gasteiger partial charge in [-0.2, -0.15) is 0 Å². The Balaban J connectivity index is 1.73. The van der Waals surface area contributed by atoms with Crippen LogP contribution in [0.25, 0.3) is 10.2 Å². The van der Waals surface area contributed by atoms with Crippen LogP contribution in [-0.4, -0.2) is 15.8 Å². The van der Waals surface area contributed by atoms with Crippen molar-refractivity contribution in [1.82, 2.24) is 9.97 Å². The SMILES string of the molecule is CC(=O)c1ccc(Oc2ncnc3sc4c(c23)CC[C@@H](C)C4)cc1.